The van der Waals surface area contributed by atoms with Crippen LogP contribution in [-0.2, 0) is 0 Å². The molecule has 0 bridgehead atoms. The van der Waals surface area contributed by atoms with Crippen molar-refractivity contribution >= 4 is 17.2 Å². The van der Waals surface area contributed by atoms with Gasteiger partial charge in [-0.3, -0.25) is 9.89 Å². The van der Waals surface area contributed by atoms with Gasteiger partial charge in [0.15, 0.2) is 0 Å². The standard InChI is InChI=1S/C25H21N5O2/c1-16-7-6-12-30-15-23(26-24(16)30)19-10-3-4-11-20(19)27-25(31)22-14-21(28-29-22)17-8-5-9-18(13-17)32-2/h3-15H,1-2H3,(H,27,31)(H,28,29). The topological polar surface area (TPSA) is 84.3 Å². The Balaban J connectivity index is 1.43. The van der Waals surface area contributed by atoms with E-state index in [4.69, 9.17) is 9.72 Å². The summed E-state index contributed by atoms with van der Waals surface area (Å²) >= 11 is 0. The summed E-state index contributed by atoms with van der Waals surface area (Å²) in [6, 6.07) is 20.9. The summed E-state index contributed by atoms with van der Waals surface area (Å²) in [5, 5.41) is 10.1. The molecule has 3 heterocycles. The first-order chi connectivity index (χ1) is 15.6. The average molecular weight is 423 g/mol. The molecule has 32 heavy (non-hydrogen) atoms. The molecule has 0 radical (unpaired) electrons. The van der Waals surface area contributed by atoms with Crippen LogP contribution in [0.2, 0.25) is 0 Å². The number of ether oxygens (including phenoxy) is 1. The monoisotopic (exact) mass is 423 g/mol. The van der Waals surface area contributed by atoms with Crippen LogP contribution in [0.15, 0.2) is 79.1 Å². The number of nitrogens with zero attached hydrogens (tertiary/aromatic N) is 3. The van der Waals surface area contributed by atoms with Gasteiger partial charge >= 0.3 is 0 Å². The number of anilines is 1. The molecule has 0 saturated carbocycles. The quantitative estimate of drug-likeness (QED) is 0.418. The first kappa shape index (κ1) is 19.6. The minimum absolute atomic E-state index is 0.279. The number of methoxy groups -OCH3 is 1. The zero-order valence-corrected chi connectivity index (χ0v) is 17.7. The lowest BCUT2D eigenvalue weighted by Crippen LogP contribution is -2.13. The lowest BCUT2D eigenvalue weighted by atomic mass is 10.1. The van der Waals surface area contributed by atoms with Crippen LogP contribution in [0.3, 0.4) is 0 Å². The molecular weight excluding hydrogens is 402 g/mol. The van der Waals surface area contributed by atoms with Crippen LogP contribution in [0, 0.1) is 6.92 Å². The number of H-pyrrole nitrogens is 1. The molecule has 2 N–H and O–H groups in total. The van der Waals surface area contributed by atoms with E-state index in [1.54, 1.807) is 13.2 Å². The lowest BCUT2D eigenvalue weighted by molar-refractivity contribution is 0.102. The predicted octanol–water partition coefficient (Wildman–Crippen LogP) is 4.96. The molecule has 1 amide bonds. The van der Waals surface area contributed by atoms with Gasteiger partial charge in [0, 0.05) is 23.5 Å². The fourth-order valence-electron chi connectivity index (χ4n) is 3.66. The molecule has 5 rings (SSSR count). The number of benzene rings is 2. The summed E-state index contributed by atoms with van der Waals surface area (Å²) in [7, 11) is 1.62. The van der Waals surface area contributed by atoms with Crippen molar-refractivity contribution in [3.8, 4) is 28.3 Å². The summed E-state index contributed by atoms with van der Waals surface area (Å²) in [6.07, 6.45) is 3.93. The van der Waals surface area contributed by atoms with Crippen LogP contribution >= 0.6 is 0 Å². The number of aryl methyl sites for hydroxylation is 1. The zero-order chi connectivity index (χ0) is 22.1. The van der Waals surface area contributed by atoms with Crippen molar-refractivity contribution in [3.63, 3.8) is 0 Å². The van der Waals surface area contributed by atoms with Crippen LogP contribution in [-0.4, -0.2) is 32.6 Å². The molecular formula is C25H21N5O2. The number of hydrogen-bond donors (Lipinski definition) is 2. The van der Waals surface area contributed by atoms with E-state index in [2.05, 4.69) is 15.5 Å². The summed E-state index contributed by atoms with van der Waals surface area (Å²) < 4.78 is 7.25. The number of pyridine rings is 1. The second-order valence-electron chi connectivity index (χ2n) is 7.45. The minimum atomic E-state index is -0.279. The van der Waals surface area contributed by atoms with Crippen LogP contribution in [0.1, 0.15) is 16.1 Å². The normalized spacial score (nSPS) is 10.9. The Kier molecular flexibility index (Phi) is 4.91. The van der Waals surface area contributed by atoms with Crippen molar-refractivity contribution < 1.29 is 9.53 Å². The van der Waals surface area contributed by atoms with E-state index in [1.165, 1.54) is 0 Å². The maximum Gasteiger partial charge on any atom is 0.273 e. The van der Waals surface area contributed by atoms with Crippen molar-refractivity contribution in [1.29, 1.82) is 0 Å². The third kappa shape index (κ3) is 3.60. The van der Waals surface area contributed by atoms with Crippen molar-refractivity contribution in [2.24, 2.45) is 0 Å². The number of fused-ring (bicyclic) bond motifs is 1. The second kappa shape index (κ2) is 8.03. The number of carbonyl (C=O) groups excluding carboxylic acids is 1. The maximum atomic E-state index is 13.0. The molecule has 0 aliphatic heterocycles. The number of aromatic nitrogens is 4. The van der Waals surface area contributed by atoms with Gasteiger partial charge in [-0.25, -0.2) is 4.98 Å². The van der Waals surface area contributed by atoms with Gasteiger partial charge in [-0.1, -0.05) is 36.4 Å². The average Bonchev–Trinajstić information content (AvgIpc) is 3.48. The number of hydrogen-bond acceptors (Lipinski definition) is 4. The fourth-order valence-corrected chi connectivity index (χ4v) is 3.66. The van der Waals surface area contributed by atoms with Crippen LogP contribution in [0.5, 0.6) is 5.75 Å². The number of rotatable bonds is 5. The SMILES string of the molecule is COc1cccc(-c2cc(C(=O)Nc3ccccc3-c3cn4cccc(C)c4n3)[nH]n2)c1. The van der Waals surface area contributed by atoms with Gasteiger partial charge in [0.05, 0.1) is 24.2 Å². The Hall–Kier alpha value is -4.39. The largest absolute Gasteiger partial charge is 0.497 e. The van der Waals surface area contributed by atoms with Crippen molar-refractivity contribution in [2.45, 2.75) is 6.92 Å². The Morgan fingerprint density at radius 3 is 2.75 bits per heavy atom. The molecule has 0 unspecified atom stereocenters. The third-order valence-corrected chi connectivity index (χ3v) is 5.32. The summed E-state index contributed by atoms with van der Waals surface area (Å²) in [5.41, 5.74) is 6.18. The van der Waals surface area contributed by atoms with Gasteiger partial charge in [0.2, 0.25) is 0 Å². The number of carbonyl (C=O) groups is 1. The maximum absolute atomic E-state index is 13.0. The van der Waals surface area contributed by atoms with E-state index in [0.717, 1.165) is 33.8 Å². The Labute approximate surface area is 184 Å². The number of para-hydroxylation sites is 1. The molecule has 0 aliphatic carbocycles. The fraction of sp³-hybridized carbons (Fsp3) is 0.0800. The zero-order valence-electron chi connectivity index (χ0n) is 17.7. The number of imidazole rings is 1. The van der Waals surface area contributed by atoms with E-state index in [-0.39, 0.29) is 5.91 Å². The molecule has 5 aromatic rings. The van der Waals surface area contributed by atoms with E-state index < -0.39 is 0 Å². The van der Waals surface area contributed by atoms with E-state index in [1.807, 2.05) is 84.4 Å². The highest BCUT2D eigenvalue weighted by Gasteiger charge is 2.15. The third-order valence-electron chi connectivity index (χ3n) is 5.32. The first-order valence-corrected chi connectivity index (χ1v) is 10.2. The van der Waals surface area contributed by atoms with Gasteiger partial charge in [0.1, 0.15) is 17.1 Å². The summed E-state index contributed by atoms with van der Waals surface area (Å²) in [4.78, 5) is 17.7. The summed E-state index contributed by atoms with van der Waals surface area (Å²) in [6.45, 7) is 2.03. The van der Waals surface area contributed by atoms with E-state index >= 15 is 0 Å². The molecule has 0 atom stereocenters. The van der Waals surface area contributed by atoms with Crippen molar-refractivity contribution in [3.05, 3.63) is 90.4 Å². The minimum Gasteiger partial charge on any atom is -0.497 e. The second-order valence-corrected chi connectivity index (χ2v) is 7.45. The van der Waals surface area contributed by atoms with E-state index in [0.29, 0.717) is 17.1 Å². The molecule has 0 aliphatic rings. The highest BCUT2D eigenvalue weighted by Crippen LogP contribution is 2.29. The molecule has 0 saturated heterocycles. The highest BCUT2D eigenvalue weighted by molar-refractivity contribution is 6.05. The number of amides is 1. The molecule has 3 aromatic heterocycles. The van der Waals surface area contributed by atoms with Crippen molar-refractivity contribution in [2.75, 3.05) is 12.4 Å². The number of nitrogens with one attached hydrogen (secondary N) is 2. The Morgan fingerprint density at radius 1 is 1.03 bits per heavy atom. The molecule has 0 fully saturated rings. The van der Waals surface area contributed by atoms with E-state index in [9.17, 15) is 4.79 Å². The Bertz CT molecular complexity index is 1430. The first-order valence-electron chi connectivity index (χ1n) is 10.2. The summed E-state index contributed by atoms with van der Waals surface area (Å²) in [5.74, 6) is 0.451. The Morgan fingerprint density at radius 2 is 1.91 bits per heavy atom. The van der Waals surface area contributed by atoms with Gasteiger partial charge in [-0.2, -0.15) is 5.10 Å². The van der Waals surface area contributed by atoms with Gasteiger partial charge in [0.25, 0.3) is 5.91 Å². The smallest absolute Gasteiger partial charge is 0.273 e. The van der Waals surface area contributed by atoms with Crippen LogP contribution in [0.25, 0.3) is 28.2 Å². The van der Waals surface area contributed by atoms with Crippen LogP contribution < -0.4 is 10.1 Å². The van der Waals surface area contributed by atoms with Gasteiger partial charge < -0.3 is 14.5 Å². The lowest BCUT2D eigenvalue weighted by Gasteiger charge is -2.08. The predicted molar refractivity (Wildman–Crippen MR) is 124 cm³/mol. The molecule has 158 valence electrons. The number of aromatic amines is 1. The molecule has 2 aromatic carbocycles. The highest BCUT2D eigenvalue weighted by atomic mass is 16.5. The van der Waals surface area contributed by atoms with Gasteiger partial charge in [-0.15, -0.1) is 0 Å². The van der Waals surface area contributed by atoms with Crippen LogP contribution in [0.4, 0.5) is 5.69 Å². The van der Waals surface area contributed by atoms with Gasteiger partial charge in [-0.05, 0) is 42.8 Å². The molecule has 7 nitrogen and oxygen atoms in total. The van der Waals surface area contributed by atoms with Crippen molar-refractivity contribution in [1.82, 2.24) is 19.6 Å². The molecule has 7 heteroatoms. The molecule has 0 spiro atoms.